The summed E-state index contributed by atoms with van der Waals surface area (Å²) in [6.45, 7) is 14.4. The number of methoxy groups -OCH3 is 2. The fourth-order valence-corrected chi connectivity index (χ4v) is 8.49. The van der Waals surface area contributed by atoms with Crippen LogP contribution < -0.4 is 0 Å². The van der Waals surface area contributed by atoms with Gasteiger partial charge < -0.3 is 47.1 Å². The molecule has 4 aliphatic rings. The zero-order chi connectivity index (χ0) is 36.0. The van der Waals surface area contributed by atoms with Gasteiger partial charge >= 0.3 is 0 Å². The Morgan fingerprint density at radius 1 is 0.680 bits per heavy atom. The van der Waals surface area contributed by atoms with Crippen LogP contribution in [0.4, 0.5) is 0 Å². The molecule has 2 aliphatic heterocycles. The first-order chi connectivity index (χ1) is 24.4. The van der Waals surface area contributed by atoms with Gasteiger partial charge in [0.2, 0.25) is 0 Å². The highest BCUT2D eigenvalue weighted by atomic mass is 28.4. The third-order valence-corrected chi connectivity index (χ3v) is 13.4. The van der Waals surface area contributed by atoms with Crippen LogP contribution in [0.3, 0.4) is 0 Å². The lowest BCUT2D eigenvalue weighted by molar-refractivity contribution is -0.164. The van der Waals surface area contributed by atoms with Crippen LogP contribution in [0, 0.1) is 11.8 Å². The normalized spacial score (nSPS) is 28.7. The van der Waals surface area contributed by atoms with Crippen molar-refractivity contribution in [2.24, 2.45) is 11.8 Å². The quantitative estimate of drug-likeness (QED) is 0.0446. The van der Waals surface area contributed by atoms with Gasteiger partial charge in [0, 0.05) is 41.2 Å². The van der Waals surface area contributed by atoms with Crippen LogP contribution in [-0.2, 0) is 47.1 Å². The minimum atomic E-state index is -1.57. The lowest BCUT2D eigenvalue weighted by atomic mass is 9.80. The summed E-state index contributed by atoms with van der Waals surface area (Å²) in [6, 6.07) is 1.09. The predicted octanol–water partition coefficient (Wildman–Crippen LogP) is 7.21. The molecule has 0 amide bonds. The van der Waals surface area contributed by atoms with Crippen molar-refractivity contribution in [3.05, 3.63) is 0 Å². The molecule has 296 valence electrons. The number of ether oxygens (including phenoxy) is 9. The second kappa shape index (κ2) is 25.8. The number of hydrogen-bond donors (Lipinski definition) is 0. The van der Waals surface area contributed by atoms with E-state index in [-0.39, 0.29) is 24.4 Å². The van der Waals surface area contributed by atoms with E-state index in [0.29, 0.717) is 57.3 Å². The molecule has 9 unspecified atom stereocenters. The molecule has 0 aromatic rings. The maximum Gasteiger partial charge on any atom is 0.186 e. The van der Waals surface area contributed by atoms with Gasteiger partial charge in [0.1, 0.15) is 18.3 Å². The lowest BCUT2D eigenvalue weighted by Crippen LogP contribution is -2.43. The molecule has 50 heavy (non-hydrogen) atoms. The van der Waals surface area contributed by atoms with Crippen LogP contribution in [0.5, 0.6) is 0 Å². The van der Waals surface area contributed by atoms with Crippen molar-refractivity contribution in [2.75, 3.05) is 80.8 Å². The molecule has 0 aromatic heterocycles. The van der Waals surface area contributed by atoms with Crippen LogP contribution in [0.25, 0.3) is 0 Å². The Kier molecular flexibility index (Phi) is 22.8. The highest BCUT2D eigenvalue weighted by Gasteiger charge is 2.43. The van der Waals surface area contributed by atoms with Gasteiger partial charge in [-0.25, -0.2) is 0 Å². The van der Waals surface area contributed by atoms with Gasteiger partial charge in [-0.05, 0) is 95.2 Å². The van der Waals surface area contributed by atoms with Gasteiger partial charge in [0.15, 0.2) is 8.32 Å². The van der Waals surface area contributed by atoms with Gasteiger partial charge in [-0.1, -0.05) is 33.1 Å². The highest BCUT2D eigenvalue weighted by molar-refractivity contribution is 6.71. The van der Waals surface area contributed by atoms with E-state index < -0.39 is 8.32 Å². The lowest BCUT2D eigenvalue weighted by Gasteiger charge is -2.38. The van der Waals surface area contributed by atoms with Crippen molar-refractivity contribution >= 4 is 8.32 Å². The third kappa shape index (κ3) is 18.7. The van der Waals surface area contributed by atoms with Crippen molar-refractivity contribution in [3.8, 4) is 0 Å². The molecule has 0 bridgehead atoms. The first-order valence-corrected chi connectivity index (χ1v) is 23.3. The second-order valence-corrected chi connectivity index (χ2v) is 19.7. The largest absolute Gasteiger partial charge is 0.420 e. The minimum Gasteiger partial charge on any atom is -0.420 e. The summed E-state index contributed by atoms with van der Waals surface area (Å²) in [7, 11) is 3.73. The molecule has 2 saturated carbocycles. The van der Waals surface area contributed by atoms with E-state index in [1.54, 1.807) is 14.2 Å². The van der Waals surface area contributed by atoms with E-state index >= 15 is 0 Å². The summed E-state index contributed by atoms with van der Waals surface area (Å²) >= 11 is 0. The van der Waals surface area contributed by atoms with Crippen LogP contribution in [-0.4, -0.2) is 132 Å². The van der Waals surface area contributed by atoms with Crippen LogP contribution in [0.1, 0.15) is 97.3 Å². The molecular weight excluding hydrogens is 657 g/mol. The number of rotatable bonds is 29. The number of epoxide rings is 2. The molecular formula is C39H76O10Si. The average molecular weight is 733 g/mol. The van der Waals surface area contributed by atoms with E-state index in [1.807, 2.05) is 21.0 Å². The molecule has 9 atom stereocenters. The fraction of sp³-hybridized carbons (Fsp3) is 1.00. The predicted molar refractivity (Wildman–Crippen MR) is 200 cm³/mol. The molecule has 2 saturated heterocycles. The summed E-state index contributed by atoms with van der Waals surface area (Å²) in [4.78, 5) is 0. The molecule has 0 radical (unpaired) electrons. The SMILES string of the molecule is CC.COCC(COCCC[Si](C)(C)OC)OC1CC(CCCC2CCC3OC3C2)CCC1OCC(COCCCCCOCC1CO1)OC. The minimum absolute atomic E-state index is 0.00903. The molecule has 4 rings (SSSR count). The number of unbranched alkanes of at least 4 members (excludes halogenated alkanes) is 2. The molecule has 2 aliphatic carbocycles. The molecule has 10 nitrogen and oxygen atoms in total. The maximum atomic E-state index is 6.80. The molecule has 11 heteroatoms. The monoisotopic (exact) mass is 733 g/mol. The summed E-state index contributed by atoms with van der Waals surface area (Å²) < 4.78 is 59.1. The van der Waals surface area contributed by atoms with Crippen molar-refractivity contribution < 1.29 is 47.1 Å². The molecule has 0 aromatic carbocycles. The Balaban J connectivity index is 0.00000332. The Bertz CT molecular complexity index is 833. The average Bonchev–Trinajstić information content (AvgIpc) is 4.06. The summed E-state index contributed by atoms with van der Waals surface area (Å²) in [6.07, 6.45) is 16.4. The second-order valence-electron chi connectivity index (χ2n) is 15.3. The first kappa shape index (κ1) is 44.2. The van der Waals surface area contributed by atoms with Crippen molar-refractivity contribution in [2.45, 2.75) is 159 Å². The van der Waals surface area contributed by atoms with Gasteiger partial charge in [0.25, 0.3) is 0 Å². The zero-order valence-electron chi connectivity index (χ0n) is 33.0. The van der Waals surface area contributed by atoms with Crippen LogP contribution in [0.2, 0.25) is 19.1 Å². The standard InChI is InChI=1S/C37H70O10Si.C2H6/c1-38-23-33(26-43-19-10-20-48(4,5)40-3)46-36-21-29(11-9-12-30-14-16-35-37(22-30)47-35)13-15-34(36)45-27-31(39-2)24-41-17-7-6-8-18-42-25-32-28-44-32;1-2/h29-37H,6-28H2,1-5H3;1-2H3. The van der Waals surface area contributed by atoms with Gasteiger partial charge in [0.05, 0.1) is 64.1 Å². The topological polar surface area (TPSA) is 98.9 Å². The summed E-state index contributed by atoms with van der Waals surface area (Å²) in [5.74, 6) is 1.50. The molecule has 2 heterocycles. The Morgan fingerprint density at radius 3 is 2.04 bits per heavy atom. The van der Waals surface area contributed by atoms with Gasteiger partial charge in [-0.3, -0.25) is 0 Å². The van der Waals surface area contributed by atoms with E-state index in [0.717, 1.165) is 76.9 Å². The number of hydrogen-bond acceptors (Lipinski definition) is 10. The maximum absolute atomic E-state index is 6.80. The van der Waals surface area contributed by atoms with E-state index in [2.05, 4.69) is 13.1 Å². The van der Waals surface area contributed by atoms with Crippen LogP contribution >= 0.6 is 0 Å². The fourth-order valence-electron chi connectivity index (χ4n) is 7.29. The first-order valence-electron chi connectivity index (χ1n) is 20.2. The van der Waals surface area contributed by atoms with Gasteiger partial charge in [-0.2, -0.15) is 0 Å². The van der Waals surface area contributed by atoms with Gasteiger partial charge in [-0.15, -0.1) is 0 Å². The van der Waals surface area contributed by atoms with Crippen LogP contribution in [0.15, 0.2) is 0 Å². The molecule has 0 N–H and O–H groups in total. The van der Waals surface area contributed by atoms with Crippen molar-refractivity contribution in [3.63, 3.8) is 0 Å². The highest BCUT2D eigenvalue weighted by Crippen LogP contribution is 2.42. The van der Waals surface area contributed by atoms with E-state index in [9.17, 15) is 0 Å². The van der Waals surface area contributed by atoms with E-state index in [1.165, 1.54) is 44.9 Å². The molecule has 0 spiro atoms. The Hall–Kier alpha value is -0.183. The van der Waals surface area contributed by atoms with Crippen molar-refractivity contribution in [1.82, 2.24) is 0 Å². The molecule has 4 fully saturated rings. The zero-order valence-corrected chi connectivity index (χ0v) is 34.0. The summed E-state index contributed by atoms with van der Waals surface area (Å²) in [5, 5.41) is 0. The Morgan fingerprint density at radius 2 is 1.36 bits per heavy atom. The Labute approximate surface area is 306 Å². The third-order valence-electron chi connectivity index (χ3n) is 10.7. The van der Waals surface area contributed by atoms with E-state index in [4.69, 9.17) is 47.1 Å². The smallest absolute Gasteiger partial charge is 0.186 e. The summed E-state index contributed by atoms with van der Waals surface area (Å²) in [5.41, 5.74) is 0. The van der Waals surface area contributed by atoms with Crippen molar-refractivity contribution in [1.29, 1.82) is 0 Å². The number of fused-ring (bicyclic) bond motifs is 1.